The number of aromatic hydroxyl groups is 1. The maximum atomic E-state index is 11.4. The first-order valence-corrected chi connectivity index (χ1v) is 10.2. The van der Waals surface area contributed by atoms with Gasteiger partial charge in [0.1, 0.15) is 22.9 Å². The summed E-state index contributed by atoms with van der Waals surface area (Å²) < 4.78 is 14.9. The topological polar surface area (TPSA) is 114 Å². The summed E-state index contributed by atoms with van der Waals surface area (Å²) in [6.07, 6.45) is 2.55. The van der Waals surface area contributed by atoms with E-state index in [2.05, 4.69) is 19.4 Å². The summed E-state index contributed by atoms with van der Waals surface area (Å²) >= 11 is 0. The van der Waals surface area contributed by atoms with E-state index in [1.54, 1.807) is 30.3 Å². The molecule has 1 saturated carbocycles. The highest BCUT2D eigenvalue weighted by molar-refractivity contribution is 5.95. The highest BCUT2D eigenvalue weighted by Gasteiger charge is 2.22. The van der Waals surface area contributed by atoms with Gasteiger partial charge >= 0.3 is 11.9 Å². The molecule has 0 spiro atoms. The van der Waals surface area contributed by atoms with Gasteiger partial charge in [-0.1, -0.05) is 0 Å². The van der Waals surface area contributed by atoms with Gasteiger partial charge in [0.05, 0.1) is 20.8 Å². The van der Waals surface area contributed by atoms with Crippen molar-refractivity contribution in [3.8, 4) is 11.5 Å². The third kappa shape index (κ3) is 4.85. The van der Waals surface area contributed by atoms with Crippen molar-refractivity contribution in [1.29, 1.82) is 0 Å². The van der Waals surface area contributed by atoms with Crippen LogP contribution >= 0.6 is 0 Å². The third-order valence-electron chi connectivity index (χ3n) is 5.19. The van der Waals surface area contributed by atoms with Crippen molar-refractivity contribution in [1.82, 2.24) is 9.97 Å². The summed E-state index contributed by atoms with van der Waals surface area (Å²) in [5, 5.41) is 11.0. The van der Waals surface area contributed by atoms with E-state index in [-0.39, 0.29) is 11.7 Å². The van der Waals surface area contributed by atoms with Crippen molar-refractivity contribution >= 4 is 33.7 Å². The highest BCUT2D eigenvalue weighted by Crippen LogP contribution is 2.30. The van der Waals surface area contributed by atoms with Crippen molar-refractivity contribution in [3.05, 3.63) is 59.9 Å². The molecule has 32 heavy (non-hydrogen) atoms. The Bertz CT molecular complexity index is 1270. The number of esters is 2. The lowest BCUT2D eigenvalue weighted by Crippen LogP contribution is -2.00. The van der Waals surface area contributed by atoms with E-state index in [1.807, 2.05) is 18.2 Å². The summed E-state index contributed by atoms with van der Waals surface area (Å²) in [7, 11) is 2.70. The van der Waals surface area contributed by atoms with Gasteiger partial charge in [0.25, 0.3) is 0 Å². The molecular weight excluding hydrogens is 412 g/mol. The number of methoxy groups -OCH3 is 2. The van der Waals surface area contributed by atoms with Crippen molar-refractivity contribution in [2.24, 2.45) is 5.92 Å². The Hall–Kier alpha value is -3.94. The number of aromatic nitrogens is 2. The van der Waals surface area contributed by atoms with E-state index >= 15 is 0 Å². The van der Waals surface area contributed by atoms with E-state index in [0.29, 0.717) is 16.9 Å². The fourth-order valence-electron chi connectivity index (χ4n) is 3.25. The predicted molar refractivity (Wildman–Crippen MR) is 119 cm³/mol. The smallest absolute Gasteiger partial charge is 0.354 e. The fourth-order valence-corrected chi connectivity index (χ4v) is 3.25. The molecule has 8 nitrogen and oxygen atoms in total. The van der Waals surface area contributed by atoms with Crippen molar-refractivity contribution in [2.45, 2.75) is 12.8 Å². The summed E-state index contributed by atoms with van der Waals surface area (Å²) in [5.41, 5.74) is 2.45. The van der Waals surface area contributed by atoms with Crippen molar-refractivity contribution in [2.75, 3.05) is 20.8 Å². The molecule has 0 amide bonds. The maximum absolute atomic E-state index is 11.4. The van der Waals surface area contributed by atoms with Crippen LogP contribution in [-0.2, 0) is 9.47 Å². The number of phenols is 1. The van der Waals surface area contributed by atoms with Gasteiger partial charge < -0.3 is 29.3 Å². The normalized spacial score (nSPS) is 12.8. The molecule has 8 heteroatoms. The molecule has 0 atom stereocenters. The van der Waals surface area contributed by atoms with Crippen LogP contribution in [0.3, 0.4) is 0 Å². The lowest BCUT2D eigenvalue weighted by molar-refractivity contribution is 0.0586. The van der Waals surface area contributed by atoms with Gasteiger partial charge in [0, 0.05) is 33.9 Å². The number of nitrogens with one attached hydrogen (secondary N) is 2. The second kappa shape index (κ2) is 9.05. The highest BCUT2D eigenvalue weighted by atomic mass is 16.5. The molecule has 0 saturated heterocycles. The van der Waals surface area contributed by atoms with E-state index in [1.165, 1.54) is 27.1 Å². The van der Waals surface area contributed by atoms with Crippen LogP contribution in [0.4, 0.5) is 0 Å². The van der Waals surface area contributed by atoms with Crippen LogP contribution in [0.5, 0.6) is 11.5 Å². The molecule has 2 heterocycles. The van der Waals surface area contributed by atoms with Crippen molar-refractivity contribution < 1.29 is 28.9 Å². The van der Waals surface area contributed by atoms with Gasteiger partial charge in [-0.05, 0) is 55.2 Å². The maximum Gasteiger partial charge on any atom is 0.354 e. The second-order valence-electron chi connectivity index (χ2n) is 7.62. The zero-order valence-corrected chi connectivity index (χ0v) is 17.8. The van der Waals surface area contributed by atoms with Gasteiger partial charge in [-0.3, -0.25) is 0 Å². The van der Waals surface area contributed by atoms with Crippen molar-refractivity contribution in [3.63, 3.8) is 0 Å². The number of ether oxygens (including phenoxy) is 3. The van der Waals surface area contributed by atoms with Gasteiger partial charge in [-0.25, -0.2) is 9.59 Å². The van der Waals surface area contributed by atoms with Crippen LogP contribution in [-0.4, -0.2) is 47.8 Å². The molecule has 0 radical (unpaired) electrons. The minimum absolute atomic E-state index is 0.163. The van der Waals surface area contributed by atoms with Gasteiger partial charge in [0.15, 0.2) is 0 Å². The third-order valence-corrected chi connectivity index (χ3v) is 5.19. The van der Waals surface area contributed by atoms with Gasteiger partial charge in [-0.15, -0.1) is 0 Å². The van der Waals surface area contributed by atoms with Crippen LogP contribution in [0.1, 0.15) is 33.8 Å². The second-order valence-corrected chi connectivity index (χ2v) is 7.62. The Labute approximate surface area is 184 Å². The summed E-state index contributed by atoms with van der Waals surface area (Å²) in [6, 6.07) is 14.1. The fraction of sp³-hybridized carbons (Fsp3) is 0.250. The largest absolute Gasteiger partial charge is 0.508 e. The van der Waals surface area contributed by atoms with E-state index < -0.39 is 5.97 Å². The monoisotopic (exact) mass is 436 g/mol. The van der Waals surface area contributed by atoms with Crippen LogP contribution < -0.4 is 4.74 Å². The Morgan fingerprint density at radius 3 is 2.00 bits per heavy atom. The van der Waals surface area contributed by atoms with Crippen LogP contribution in [0, 0.1) is 5.92 Å². The first-order chi connectivity index (χ1) is 15.5. The number of H-pyrrole nitrogens is 2. The Morgan fingerprint density at radius 1 is 0.875 bits per heavy atom. The number of hydrogen-bond donors (Lipinski definition) is 3. The molecule has 5 rings (SSSR count). The summed E-state index contributed by atoms with van der Waals surface area (Å²) in [6.45, 7) is 0.788. The number of fused-ring (bicyclic) bond motifs is 2. The Kier molecular flexibility index (Phi) is 6.02. The first-order valence-electron chi connectivity index (χ1n) is 10.2. The molecule has 4 aromatic rings. The number of hydrogen-bond acceptors (Lipinski definition) is 6. The number of benzene rings is 2. The average Bonchev–Trinajstić information content (AvgIpc) is 3.38. The van der Waals surface area contributed by atoms with Crippen LogP contribution in [0.2, 0.25) is 0 Å². The van der Waals surface area contributed by atoms with Gasteiger partial charge in [0.2, 0.25) is 0 Å². The lowest BCUT2D eigenvalue weighted by Gasteiger charge is -2.04. The number of aromatic amines is 2. The molecule has 2 aromatic heterocycles. The molecule has 166 valence electrons. The molecule has 2 aromatic carbocycles. The lowest BCUT2D eigenvalue weighted by atomic mass is 10.2. The molecule has 0 aliphatic heterocycles. The number of phenolic OH excluding ortho intramolecular Hbond substituents is 1. The minimum atomic E-state index is -0.416. The number of carbonyl (C=O) groups is 2. The molecular formula is C24H24N2O6. The molecule has 1 aliphatic rings. The SMILES string of the molecule is COC(=O)c1cc2ccc(O)cc2[nH]1.COC(=O)c1cc2ccc(OCC3CC3)cc2[nH]1. The molecule has 3 N–H and O–H groups in total. The predicted octanol–water partition coefficient (Wildman–Crippen LogP) is 4.40. The quantitative estimate of drug-likeness (QED) is 0.400. The van der Waals surface area contributed by atoms with E-state index in [0.717, 1.165) is 34.6 Å². The average molecular weight is 436 g/mol. The van der Waals surface area contributed by atoms with E-state index in [4.69, 9.17) is 4.74 Å². The zero-order chi connectivity index (χ0) is 22.7. The molecule has 0 bridgehead atoms. The van der Waals surface area contributed by atoms with Crippen LogP contribution in [0.25, 0.3) is 21.8 Å². The number of carbonyl (C=O) groups excluding carboxylic acids is 2. The first kappa shape index (κ1) is 21.3. The Balaban J connectivity index is 0.000000158. The van der Waals surface area contributed by atoms with Crippen LogP contribution in [0.15, 0.2) is 48.5 Å². The molecule has 0 unspecified atom stereocenters. The minimum Gasteiger partial charge on any atom is -0.508 e. The van der Waals surface area contributed by atoms with E-state index in [9.17, 15) is 14.7 Å². The number of rotatable bonds is 5. The summed E-state index contributed by atoms with van der Waals surface area (Å²) in [4.78, 5) is 28.4. The molecule has 1 aliphatic carbocycles. The Morgan fingerprint density at radius 2 is 1.44 bits per heavy atom. The molecule has 1 fully saturated rings. The summed E-state index contributed by atoms with van der Waals surface area (Å²) in [5.74, 6) is 0.964. The standard InChI is InChI=1S/C14H15NO3.C10H9NO3/c1-17-14(16)13-6-10-4-5-11(7-12(10)15-13)18-8-9-2-3-9;1-14-10(13)9-4-6-2-3-7(12)5-8(6)11-9/h4-7,9,15H,2-3,8H2,1H3;2-5,11-12H,1H3. The zero-order valence-electron chi connectivity index (χ0n) is 17.8. The van der Waals surface area contributed by atoms with Gasteiger partial charge in [-0.2, -0.15) is 0 Å².